The smallest absolute Gasteiger partial charge is 0.217 e. The Morgan fingerprint density at radius 1 is 1.21 bits per heavy atom. The van der Waals surface area contributed by atoms with E-state index in [1.165, 1.54) is 35.7 Å². The highest BCUT2D eigenvalue weighted by molar-refractivity contribution is 5.73. The Morgan fingerprint density at radius 2 is 1.96 bits per heavy atom. The summed E-state index contributed by atoms with van der Waals surface area (Å²) in [5.74, 6) is -0.623. The minimum atomic E-state index is -0.656. The molecular formula is C20H21F2N3O3. The molecule has 3 rings (SSSR count). The van der Waals surface area contributed by atoms with Crippen LogP contribution in [0.15, 0.2) is 36.5 Å². The molecule has 2 heterocycles. The van der Waals surface area contributed by atoms with Crippen molar-refractivity contribution >= 4 is 11.4 Å². The molecule has 1 N–H and O–H groups in total. The molecule has 2 aromatic heterocycles. The first-order valence-electron chi connectivity index (χ1n) is 8.89. The zero-order valence-electron chi connectivity index (χ0n) is 15.8. The first kappa shape index (κ1) is 19.6. The minimum Gasteiger partial charge on any atom is -0.492 e. The lowest BCUT2D eigenvalue weighted by molar-refractivity contribution is -0.119. The summed E-state index contributed by atoms with van der Waals surface area (Å²) in [5, 5.41) is 6.83. The van der Waals surface area contributed by atoms with Crippen molar-refractivity contribution in [3.05, 3.63) is 48.2 Å². The summed E-state index contributed by atoms with van der Waals surface area (Å²) in [5.41, 5.74) is 0.160. The van der Waals surface area contributed by atoms with E-state index in [0.29, 0.717) is 12.4 Å². The second-order valence-corrected chi connectivity index (χ2v) is 6.34. The highest BCUT2D eigenvalue weighted by Gasteiger charge is 2.18. The predicted molar refractivity (Wildman–Crippen MR) is 100 cm³/mol. The highest BCUT2D eigenvalue weighted by atomic mass is 19.1. The molecule has 0 bridgehead atoms. The number of hydrogen-bond acceptors (Lipinski definition) is 4. The Balaban J connectivity index is 1.83. The molecule has 0 spiro atoms. The van der Waals surface area contributed by atoms with Gasteiger partial charge in [-0.1, -0.05) is 0 Å². The first-order valence-corrected chi connectivity index (χ1v) is 8.89. The van der Waals surface area contributed by atoms with E-state index in [1.807, 2.05) is 6.92 Å². The molecule has 3 aromatic rings. The lowest BCUT2D eigenvalue weighted by Gasteiger charge is -2.14. The molecule has 148 valence electrons. The van der Waals surface area contributed by atoms with Crippen molar-refractivity contribution in [1.29, 1.82) is 0 Å². The van der Waals surface area contributed by atoms with Crippen molar-refractivity contribution in [1.82, 2.24) is 14.9 Å². The Bertz CT molecular complexity index is 1000. The number of aromatic nitrogens is 2. The van der Waals surface area contributed by atoms with Gasteiger partial charge < -0.3 is 14.8 Å². The maximum atomic E-state index is 14.7. The van der Waals surface area contributed by atoms with E-state index in [1.54, 1.807) is 19.2 Å². The number of amides is 1. The molecule has 0 aliphatic carbocycles. The van der Waals surface area contributed by atoms with Gasteiger partial charge in [0.15, 0.2) is 5.82 Å². The standard InChI is InChI=1S/C20H21F2N3O3/c1-4-27-15-6-8-18-19(22)20(24-25(18)10-15)16-7-5-14(9-17(16)21)28-11-12(2)23-13(3)26/h5-10,12H,4,11H2,1-3H3,(H,23,26)/t12-/m0/s1. The van der Waals surface area contributed by atoms with Crippen LogP contribution in [0.2, 0.25) is 0 Å². The van der Waals surface area contributed by atoms with E-state index in [-0.39, 0.29) is 41.1 Å². The number of fused-ring (bicyclic) bond motifs is 1. The van der Waals surface area contributed by atoms with Crippen molar-refractivity contribution in [2.24, 2.45) is 0 Å². The van der Waals surface area contributed by atoms with Gasteiger partial charge in [-0.15, -0.1) is 0 Å². The lowest BCUT2D eigenvalue weighted by atomic mass is 10.1. The van der Waals surface area contributed by atoms with Crippen LogP contribution in [-0.2, 0) is 4.79 Å². The molecule has 0 saturated carbocycles. The lowest BCUT2D eigenvalue weighted by Crippen LogP contribution is -2.35. The number of nitrogens with zero attached hydrogens (tertiary/aromatic N) is 2. The van der Waals surface area contributed by atoms with Crippen LogP contribution >= 0.6 is 0 Å². The van der Waals surface area contributed by atoms with Gasteiger partial charge in [0.25, 0.3) is 0 Å². The van der Waals surface area contributed by atoms with E-state index in [2.05, 4.69) is 10.4 Å². The van der Waals surface area contributed by atoms with Crippen LogP contribution < -0.4 is 14.8 Å². The summed E-state index contributed by atoms with van der Waals surface area (Å²) in [6.45, 7) is 5.68. The maximum absolute atomic E-state index is 14.7. The van der Waals surface area contributed by atoms with E-state index < -0.39 is 11.6 Å². The molecule has 0 saturated heterocycles. The summed E-state index contributed by atoms with van der Waals surface area (Å²) in [6, 6.07) is 7.07. The SMILES string of the molecule is CCOc1ccc2c(F)c(-c3ccc(OC[C@H](C)NC(C)=O)cc3F)nn2c1. The van der Waals surface area contributed by atoms with Crippen molar-refractivity contribution in [3.8, 4) is 22.8 Å². The number of carbonyl (C=O) groups excluding carboxylic acids is 1. The predicted octanol–water partition coefficient (Wildman–Crippen LogP) is 3.58. The number of nitrogens with one attached hydrogen (secondary N) is 1. The van der Waals surface area contributed by atoms with E-state index in [0.717, 1.165) is 0 Å². The quantitative estimate of drug-likeness (QED) is 0.671. The van der Waals surface area contributed by atoms with Gasteiger partial charge in [-0.05, 0) is 38.1 Å². The third-order valence-corrected chi connectivity index (χ3v) is 4.00. The van der Waals surface area contributed by atoms with Gasteiger partial charge in [-0.3, -0.25) is 4.79 Å². The minimum absolute atomic E-state index is 0.0291. The van der Waals surface area contributed by atoms with Crippen LogP contribution in [-0.4, -0.2) is 34.8 Å². The molecule has 0 radical (unpaired) electrons. The third-order valence-electron chi connectivity index (χ3n) is 4.00. The molecular weight excluding hydrogens is 368 g/mol. The number of halogens is 2. The average Bonchev–Trinajstić information content (AvgIpc) is 2.96. The Labute approximate surface area is 161 Å². The third kappa shape index (κ3) is 4.21. The number of hydrogen-bond donors (Lipinski definition) is 1. The molecule has 8 heteroatoms. The van der Waals surface area contributed by atoms with E-state index >= 15 is 0 Å². The fourth-order valence-electron chi connectivity index (χ4n) is 2.81. The molecule has 1 aromatic carbocycles. The zero-order chi connectivity index (χ0) is 20.3. The second kappa shape index (κ2) is 8.24. The van der Waals surface area contributed by atoms with Gasteiger partial charge in [-0.25, -0.2) is 13.3 Å². The molecule has 0 unspecified atom stereocenters. The summed E-state index contributed by atoms with van der Waals surface area (Å²) in [7, 11) is 0. The summed E-state index contributed by atoms with van der Waals surface area (Å²) >= 11 is 0. The number of rotatable bonds is 7. The van der Waals surface area contributed by atoms with Crippen LogP contribution in [0.5, 0.6) is 11.5 Å². The fraction of sp³-hybridized carbons (Fsp3) is 0.300. The molecule has 6 nitrogen and oxygen atoms in total. The maximum Gasteiger partial charge on any atom is 0.217 e. The molecule has 0 fully saturated rings. The number of ether oxygens (including phenoxy) is 2. The van der Waals surface area contributed by atoms with Crippen molar-refractivity contribution in [2.75, 3.05) is 13.2 Å². The second-order valence-electron chi connectivity index (χ2n) is 6.34. The summed E-state index contributed by atoms with van der Waals surface area (Å²) in [6.07, 6.45) is 1.55. The summed E-state index contributed by atoms with van der Waals surface area (Å²) < 4.78 is 41.5. The Kier molecular flexibility index (Phi) is 5.77. The number of carbonyl (C=O) groups is 1. The Hall–Kier alpha value is -3.16. The number of pyridine rings is 1. The first-order chi connectivity index (χ1) is 13.4. The molecule has 28 heavy (non-hydrogen) atoms. The normalized spacial score (nSPS) is 12.0. The molecule has 0 aliphatic rings. The van der Waals surface area contributed by atoms with E-state index in [9.17, 15) is 13.6 Å². The van der Waals surface area contributed by atoms with E-state index in [4.69, 9.17) is 9.47 Å². The Morgan fingerprint density at radius 3 is 2.64 bits per heavy atom. The van der Waals surface area contributed by atoms with Crippen LogP contribution in [0.25, 0.3) is 16.8 Å². The van der Waals surface area contributed by atoms with Crippen LogP contribution in [0, 0.1) is 11.6 Å². The average molecular weight is 389 g/mol. The van der Waals surface area contributed by atoms with Gasteiger partial charge in [0.1, 0.15) is 35.1 Å². The highest BCUT2D eigenvalue weighted by Crippen LogP contribution is 2.30. The van der Waals surface area contributed by atoms with Gasteiger partial charge in [0.05, 0.1) is 18.8 Å². The van der Waals surface area contributed by atoms with Crippen molar-refractivity contribution < 1.29 is 23.0 Å². The molecule has 0 aliphatic heterocycles. The van der Waals surface area contributed by atoms with Gasteiger partial charge in [-0.2, -0.15) is 5.10 Å². The van der Waals surface area contributed by atoms with Crippen LogP contribution in [0.3, 0.4) is 0 Å². The van der Waals surface area contributed by atoms with Gasteiger partial charge in [0.2, 0.25) is 5.91 Å². The van der Waals surface area contributed by atoms with Crippen LogP contribution in [0.4, 0.5) is 8.78 Å². The van der Waals surface area contributed by atoms with Crippen LogP contribution in [0.1, 0.15) is 20.8 Å². The van der Waals surface area contributed by atoms with Crippen molar-refractivity contribution in [2.45, 2.75) is 26.8 Å². The van der Waals surface area contributed by atoms with Crippen molar-refractivity contribution in [3.63, 3.8) is 0 Å². The van der Waals surface area contributed by atoms with Gasteiger partial charge in [0, 0.05) is 18.6 Å². The monoisotopic (exact) mass is 389 g/mol. The number of benzene rings is 1. The largest absolute Gasteiger partial charge is 0.492 e. The molecule has 1 atom stereocenters. The summed E-state index contributed by atoms with van der Waals surface area (Å²) in [4.78, 5) is 11.0. The zero-order valence-corrected chi connectivity index (χ0v) is 15.8. The fourth-order valence-corrected chi connectivity index (χ4v) is 2.81. The topological polar surface area (TPSA) is 64.9 Å². The van der Waals surface area contributed by atoms with Gasteiger partial charge >= 0.3 is 0 Å². The molecule has 1 amide bonds.